The van der Waals surface area contributed by atoms with Gasteiger partial charge in [-0.2, -0.15) is 0 Å². The van der Waals surface area contributed by atoms with Gasteiger partial charge in [0.05, 0.1) is 6.54 Å². The van der Waals surface area contributed by atoms with Gasteiger partial charge in [0, 0.05) is 18.8 Å². The van der Waals surface area contributed by atoms with Crippen molar-refractivity contribution in [2.45, 2.75) is 34.1 Å². The van der Waals surface area contributed by atoms with Crippen LogP contribution in [0, 0.1) is 25.7 Å². The Bertz CT molecular complexity index is 576. The molecule has 2 rings (SSSR count). The molecule has 1 aliphatic rings. The fourth-order valence-electron chi connectivity index (χ4n) is 3.33. The number of hydrogen-bond donors (Lipinski definition) is 2. The molecule has 1 aromatic rings. The van der Waals surface area contributed by atoms with Crippen LogP contribution >= 0.6 is 0 Å². The highest BCUT2D eigenvalue weighted by Crippen LogP contribution is 2.20. The molecule has 5 heteroatoms. The van der Waals surface area contributed by atoms with Crippen molar-refractivity contribution in [1.29, 1.82) is 0 Å². The Hall–Kier alpha value is -1.88. The summed E-state index contributed by atoms with van der Waals surface area (Å²) in [6.45, 7) is 10.4. The van der Waals surface area contributed by atoms with Crippen LogP contribution in [0.3, 0.4) is 0 Å². The molecule has 1 fully saturated rings. The molecular formula is C18H27N3O2. The van der Waals surface area contributed by atoms with Crippen molar-refractivity contribution >= 4 is 17.6 Å². The number of imide groups is 1. The average molecular weight is 317 g/mol. The second-order valence-corrected chi connectivity index (χ2v) is 6.89. The lowest BCUT2D eigenvalue weighted by molar-refractivity contribution is -0.121. The van der Waals surface area contributed by atoms with Crippen LogP contribution in [0.15, 0.2) is 18.2 Å². The first kappa shape index (κ1) is 17.5. The third-order valence-electron chi connectivity index (χ3n) is 4.42. The van der Waals surface area contributed by atoms with Crippen LogP contribution in [-0.4, -0.2) is 36.5 Å². The SMILES string of the molecule is Cc1cccc(NC(=O)NC(=O)CN2C[C@H](C)C[C@@H](C)C2)c1C. The number of hydrogen-bond acceptors (Lipinski definition) is 3. The fourth-order valence-corrected chi connectivity index (χ4v) is 3.33. The first-order valence-corrected chi connectivity index (χ1v) is 8.24. The zero-order valence-corrected chi connectivity index (χ0v) is 14.5. The third kappa shape index (κ3) is 5.06. The van der Waals surface area contributed by atoms with Crippen molar-refractivity contribution in [3.8, 4) is 0 Å². The molecule has 0 spiro atoms. The van der Waals surface area contributed by atoms with Crippen molar-refractivity contribution < 1.29 is 9.59 Å². The Morgan fingerprint density at radius 1 is 1.17 bits per heavy atom. The molecule has 2 N–H and O–H groups in total. The van der Waals surface area contributed by atoms with Gasteiger partial charge in [0.1, 0.15) is 0 Å². The number of benzene rings is 1. The first-order chi connectivity index (χ1) is 10.8. The number of nitrogens with zero attached hydrogens (tertiary/aromatic N) is 1. The van der Waals surface area contributed by atoms with Gasteiger partial charge in [-0.15, -0.1) is 0 Å². The maximum absolute atomic E-state index is 12.1. The summed E-state index contributed by atoms with van der Waals surface area (Å²) >= 11 is 0. The Kier molecular flexibility index (Phi) is 5.77. The Labute approximate surface area is 138 Å². The molecule has 0 aliphatic carbocycles. The first-order valence-electron chi connectivity index (χ1n) is 8.24. The second kappa shape index (κ2) is 7.59. The van der Waals surface area contributed by atoms with Gasteiger partial charge in [-0.3, -0.25) is 15.0 Å². The zero-order valence-electron chi connectivity index (χ0n) is 14.5. The number of aryl methyl sites for hydroxylation is 1. The predicted molar refractivity (Wildman–Crippen MR) is 92.5 cm³/mol. The van der Waals surface area contributed by atoms with Crippen LogP contribution in [0.5, 0.6) is 0 Å². The lowest BCUT2D eigenvalue weighted by Gasteiger charge is -2.34. The van der Waals surface area contributed by atoms with E-state index in [4.69, 9.17) is 0 Å². The molecule has 2 atom stereocenters. The number of amides is 3. The molecule has 1 aliphatic heterocycles. The van der Waals surface area contributed by atoms with Crippen LogP contribution < -0.4 is 10.6 Å². The van der Waals surface area contributed by atoms with E-state index in [1.54, 1.807) is 0 Å². The molecule has 5 nitrogen and oxygen atoms in total. The zero-order chi connectivity index (χ0) is 17.0. The summed E-state index contributed by atoms with van der Waals surface area (Å²) in [7, 11) is 0. The van der Waals surface area contributed by atoms with Gasteiger partial charge in [-0.25, -0.2) is 4.79 Å². The van der Waals surface area contributed by atoms with E-state index < -0.39 is 6.03 Å². The molecule has 0 unspecified atom stereocenters. The number of carbonyl (C=O) groups excluding carboxylic acids is 2. The maximum atomic E-state index is 12.1. The van der Waals surface area contributed by atoms with E-state index in [0.717, 1.165) is 29.9 Å². The number of likely N-dealkylation sites (tertiary alicyclic amines) is 1. The standard InChI is InChI=1S/C18H27N3O2/c1-12-8-13(2)10-21(9-12)11-17(22)20-18(23)19-16-7-5-6-14(3)15(16)4/h5-7,12-13H,8-11H2,1-4H3,(H2,19,20,22,23)/t12-,13-/m1/s1. The highest BCUT2D eigenvalue weighted by molar-refractivity contribution is 6.02. The number of urea groups is 1. The number of nitrogens with one attached hydrogen (secondary N) is 2. The van der Waals surface area contributed by atoms with Crippen molar-refractivity contribution in [2.24, 2.45) is 11.8 Å². The van der Waals surface area contributed by atoms with E-state index in [2.05, 4.69) is 29.4 Å². The van der Waals surface area contributed by atoms with Crippen LogP contribution in [0.4, 0.5) is 10.5 Å². The van der Waals surface area contributed by atoms with Crippen LogP contribution in [0.2, 0.25) is 0 Å². The summed E-state index contributed by atoms with van der Waals surface area (Å²) in [5.74, 6) is 0.930. The topological polar surface area (TPSA) is 61.4 Å². The van der Waals surface area contributed by atoms with Crippen molar-refractivity contribution in [3.63, 3.8) is 0 Å². The number of piperidine rings is 1. The van der Waals surface area contributed by atoms with Gasteiger partial charge in [-0.1, -0.05) is 26.0 Å². The molecule has 0 saturated carbocycles. The van der Waals surface area contributed by atoms with E-state index >= 15 is 0 Å². The number of anilines is 1. The monoisotopic (exact) mass is 317 g/mol. The molecule has 23 heavy (non-hydrogen) atoms. The van der Waals surface area contributed by atoms with E-state index in [-0.39, 0.29) is 12.5 Å². The summed E-state index contributed by atoms with van der Waals surface area (Å²) in [5.41, 5.74) is 2.84. The summed E-state index contributed by atoms with van der Waals surface area (Å²) in [6.07, 6.45) is 1.20. The molecule has 0 bridgehead atoms. The molecule has 3 amide bonds. The quantitative estimate of drug-likeness (QED) is 0.901. The Morgan fingerprint density at radius 2 is 1.83 bits per heavy atom. The molecule has 1 aromatic carbocycles. The van der Waals surface area contributed by atoms with Gasteiger partial charge < -0.3 is 5.32 Å². The summed E-state index contributed by atoms with van der Waals surface area (Å²) in [4.78, 5) is 26.2. The molecule has 1 saturated heterocycles. The fraction of sp³-hybridized carbons (Fsp3) is 0.556. The van der Waals surface area contributed by atoms with Crippen LogP contribution in [-0.2, 0) is 4.79 Å². The molecule has 0 aromatic heterocycles. The van der Waals surface area contributed by atoms with E-state index in [1.165, 1.54) is 6.42 Å². The maximum Gasteiger partial charge on any atom is 0.325 e. The van der Waals surface area contributed by atoms with Crippen molar-refractivity contribution in [2.75, 3.05) is 25.0 Å². The van der Waals surface area contributed by atoms with Gasteiger partial charge in [0.25, 0.3) is 0 Å². The smallest absolute Gasteiger partial charge is 0.307 e. The number of rotatable bonds is 3. The highest BCUT2D eigenvalue weighted by Gasteiger charge is 2.23. The normalized spacial score (nSPS) is 21.7. The minimum Gasteiger partial charge on any atom is -0.307 e. The molecule has 0 radical (unpaired) electrons. The largest absolute Gasteiger partial charge is 0.325 e. The van der Waals surface area contributed by atoms with Gasteiger partial charge in [0.2, 0.25) is 5.91 Å². The lowest BCUT2D eigenvalue weighted by Crippen LogP contribution is -2.46. The van der Waals surface area contributed by atoms with E-state index in [9.17, 15) is 9.59 Å². The lowest BCUT2D eigenvalue weighted by atomic mass is 9.92. The minimum absolute atomic E-state index is 0.255. The molecule has 1 heterocycles. The van der Waals surface area contributed by atoms with Crippen LogP contribution in [0.1, 0.15) is 31.4 Å². The minimum atomic E-state index is -0.471. The summed E-state index contributed by atoms with van der Waals surface area (Å²) < 4.78 is 0. The number of carbonyl (C=O) groups is 2. The highest BCUT2D eigenvalue weighted by atomic mass is 16.2. The summed E-state index contributed by atoms with van der Waals surface area (Å²) in [6, 6.07) is 5.24. The second-order valence-electron chi connectivity index (χ2n) is 6.89. The molecular weight excluding hydrogens is 290 g/mol. The van der Waals surface area contributed by atoms with Crippen molar-refractivity contribution in [3.05, 3.63) is 29.3 Å². The van der Waals surface area contributed by atoms with Crippen LogP contribution in [0.25, 0.3) is 0 Å². The van der Waals surface area contributed by atoms with E-state index in [0.29, 0.717) is 11.8 Å². The van der Waals surface area contributed by atoms with Crippen molar-refractivity contribution in [1.82, 2.24) is 10.2 Å². The Morgan fingerprint density at radius 3 is 2.48 bits per heavy atom. The van der Waals surface area contributed by atoms with E-state index in [1.807, 2.05) is 32.0 Å². The molecule has 126 valence electrons. The Balaban J connectivity index is 1.85. The predicted octanol–water partition coefficient (Wildman–Crippen LogP) is 2.93. The average Bonchev–Trinajstić information content (AvgIpc) is 2.42. The van der Waals surface area contributed by atoms with Gasteiger partial charge >= 0.3 is 6.03 Å². The van der Waals surface area contributed by atoms with Gasteiger partial charge in [0.15, 0.2) is 0 Å². The summed E-state index contributed by atoms with van der Waals surface area (Å²) in [5, 5.41) is 5.17. The third-order valence-corrected chi connectivity index (χ3v) is 4.42. The van der Waals surface area contributed by atoms with Gasteiger partial charge in [-0.05, 0) is 49.3 Å².